The second-order valence-electron chi connectivity index (χ2n) is 9.77. The molecule has 4 aromatic rings. The number of hydrogen-bond donors (Lipinski definition) is 1. The van der Waals surface area contributed by atoms with Crippen LogP contribution in [0, 0.1) is 0 Å². The Labute approximate surface area is 229 Å². The molecular formula is C32H34N2O5. The summed E-state index contributed by atoms with van der Waals surface area (Å²) in [7, 11) is 5.08. The monoisotopic (exact) mass is 526 g/mol. The number of methoxy groups -OCH3 is 2. The predicted octanol–water partition coefficient (Wildman–Crippen LogP) is 4.63. The number of amides is 1. The third-order valence-corrected chi connectivity index (χ3v) is 7.45. The summed E-state index contributed by atoms with van der Waals surface area (Å²) in [6.45, 7) is 0.446. The van der Waals surface area contributed by atoms with E-state index in [1.165, 1.54) is 0 Å². The molecule has 5 rings (SSSR count). The molecule has 1 aromatic heterocycles. The first kappa shape index (κ1) is 26.5. The number of hydrogen-bond acceptors (Lipinski definition) is 5. The van der Waals surface area contributed by atoms with E-state index in [0.29, 0.717) is 23.6 Å². The van der Waals surface area contributed by atoms with Crippen molar-refractivity contribution in [1.29, 1.82) is 0 Å². The number of aliphatic hydroxyl groups is 1. The Kier molecular flexibility index (Phi) is 7.72. The molecule has 1 N–H and O–H groups in total. The zero-order chi connectivity index (χ0) is 27.4. The molecule has 7 nitrogen and oxygen atoms in total. The van der Waals surface area contributed by atoms with Crippen LogP contribution >= 0.6 is 0 Å². The van der Waals surface area contributed by atoms with Gasteiger partial charge in [0.1, 0.15) is 11.3 Å². The summed E-state index contributed by atoms with van der Waals surface area (Å²) < 4.78 is 20.4. The second-order valence-corrected chi connectivity index (χ2v) is 9.77. The number of rotatable bonds is 9. The molecule has 2 atom stereocenters. The number of carbonyl (C=O) groups excluding carboxylic acids is 1. The van der Waals surface area contributed by atoms with Gasteiger partial charge in [-0.3, -0.25) is 4.79 Å². The van der Waals surface area contributed by atoms with E-state index in [0.717, 1.165) is 16.7 Å². The molecule has 7 heteroatoms. The fraction of sp³-hybridized carbons (Fsp3) is 0.281. The van der Waals surface area contributed by atoms with Crippen molar-refractivity contribution in [2.24, 2.45) is 7.05 Å². The van der Waals surface area contributed by atoms with Crippen molar-refractivity contribution in [3.63, 3.8) is 0 Å². The van der Waals surface area contributed by atoms with Gasteiger partial charge in [-0.05, 0) is 35.7 Å². The molecule has 1 saturated heterocycles. The number of ether oxygens (including phenoxy) is 3. The van der Waals surface area contributed by atoms with Crippen molar-refractivity contribution in [1.82, 2.24) is 9.47 Å². The highest BCUT2D eigenvalue weighted by molar-refractivity contribution is 5.93. The van der Waals surface area contributed by atoms with Gasteiger partial charge < -0.3 is 28.8 Å². The van der Waals surface area contributed by atoms with Gasteiger partial charge in [-0.2, -0.15) is 0 Å². The quantitative estimate of drug-likeness (QED) is 0.322. The maximum Gasteiger partial charge on any atom is 0.270 e. The van der Waals surface area contributed by atoms with Crippen molar-refractivity contribution >= 4 is 5.91 Å². The minimum absolute atomic E-state index is 0.128. The molecule has 0 radical (unpaired) electrons. The van der Waals surface area contributed by atoms with Gasteiger partial charge in [0, 0.05) is 25.4 Å². The Bertz CT molecular complexity index is 1360. The summed E-state index contributed by atoms with van der Waals surface area (Å²) in [5.41, 5.74) is 2.07. The SMILES string of the molecule is COc1cccc(C(OCC2CC(O)CN2C(=O)c2cccn2C)(c2ccccc2)c2ccccc2)c1OC. The smallest absolute Gasteiger partial charge is 0.270 e. The van der Waals surface area contributed by atoms with E-state index in [2.05, 4.69) is 0 Å². The molecule has 1 aliphatic heterocycles. The van der Waals surface area contributed by atoms with Gasteiger partial charge in [0.05, 0.1) is 33.0 Å². The van der Waals surface area contributed by atoms with Gasteiger partial charge in [0.2, 0.25) is 0 Å². The number of aromatic nitrogens is 1. The van der Waals surface area contributed by atoms with E-state index in [1.807, 2.05) is 98.2 Å². The Hall–Kier alpha value is -4.07. The number of aliphatic hydroxyl groups excluding tert-OH is 1. The van der Waals surface area contributed by atoms with Crippen molar-refractivity contribution in [2.75, 3.05) is 27.4 Å². The number of carbonyl (C=O) groups is 1. The van der Waals surface area contributed by atoms with Crippen molar-refractivity contribution < 1.29 is 24.1 Å². The standard InChI is InChI=1S/C32H34N2O5/c1-33-19-11-17-28(33)31(36)34-21-26(35)20-25(34)22-39-32(23-12-6-4-7-13-23,24-14-8-5-9-15-24)27-16-10-18-29(37-2)30(27)38-3/h4-19,25-26,35H,20-22H2,1-3H3. The maximum atomic E-state index is 13.5. The van der Waals surface area contributed by atoms with E-state index < -0.39 is 11.7 Å². The first-order valence-corrected chi connectivity index (χ1v) is 13.1. The fourth-order valence-corrected chi connectivity index (χ4v) is 5.58. The molecule has 0 bridgehead atoms. The molecule has 0 aliphatic carbocycles. The Morgan fingerprint density at radius 3 is 2.13 bits per heavy atom. The average molecular weight is 527 g/mol. The molecule has 2 unspecified atom stereocenters. The lowest BCUT2D eigenvalue weighted by Crippen LogP contribution is -2.42. The van der Waals surface area contributed by atoms with Gasteiger partial charge >= 0.3 is 0 Å². The lowest BCUT2D eigenvalue weighted by molar-refractivity contribution is -0.0149. The van der Waals surface area contributed by atoms with Gasteiger partial charge in [0.15, 0.2) is 11.5 Å². The maximum absolute atomic E-state index is 13.5. The fourth-order valence-electron chi connectivity index (χ4n) is 5.58. The number of likely N-dealkylation sites (tertiary alicyclic amines) is 1. The van der Waals surface area contributed by atoms with Crippen LogP contribution in [-0.2, 0) is 17.4 Å². The van der Waals surface area contributed by atoms with E-state index in [-0.39, 0.29) is 25.1 Å². The van der Waals surface area contributed by atoms with Gasteiger partial charge in [-0.15, -0.1) is 0 Å². The molecule has 0 saturated carbocycles. The molecule has 2 heterocycles. The van der Waals surface area contributed by atoms with Crippen LogP contribution in [0.2, 0.25) is 0 Å². The van der Waals surface area contributed by atoms with Crippen LogP contribution in [0.3, 0.4) is 0 Å². The van der Waals surface area contributed by atoms with Crippen LogP contribution in [0.25, 0.3) is 0 Å². The molecule has 1 amide bonds. The molecule has 3 aromatic carbocycles. The summed E-state index contributed by atoms with van der Waals surface area (Å²) in [5.74, 6) is 1.03. The van der Waals surface area contributed by atoms with Gasteiger partial charge in [-0.25, -0.2) is 0 Å². The summed E-state index contributed by atoms with van der Waals surface area (Å²) in [6, 6.07) is 29.0. The third-order valence-electron chi connectivity index (χ3n) is 7.45. The normalized spacial score (nSPS) is 17.3. The van der Waals surface area contributed by atoms with Crippen LogP contribution in [0.15, 0.2) is 97.2 Å². The van der Waals surface area contributed by atoms with Crippen molar-refractivity contribution in [2.45, 2.75) is 24.2 Å². The lowest BCUT2D eigenvalue weighted by Gasteiger charge is -2.38. The highest BCUT2D eigenvalue weighted by atomic mass is 16.5. The number of nitrogens with zero attached hydrogens (tertiary/aromatic N) is 2. The number of aryl methyl sites for hydroxylation is 1. The highest BCUT2D eigenvalue weighted by Crippen LogP contribution is 2.47. The largest absolute Gasteiger partial charge is 0.493 e. The Balaban J connectivity index is 1.63. The molecule has 1 fully saturated rings. The van der Waals surface area contributed by atoms with Crippen molar-refractivity contribution in [3.8, 4) is 11.5 Å². The second kappa shape index (κ2) is 11.4. The summed E-state index contributed by atoms with van der Waals surface area (Å²) >= 11 is 0. The summed E-state index contributed by atoms with van der Waals surface area (Å²) in [5, 5.41) is 10.6. The predicted molar refractivity (Wildman–Crippen MR) is 149 cm³/mol. The first-order valence-electron chi connectivity index (χ1n) is 13.1. The molecule has 202 valence electrons. The summed E-state index contributed by atoms with van der Waals surface area (Å²) in [4.78, 5) is 15.2. The molecule has 0 spiro atoms. The van der Waals surface area contributed by atoms with E-state index in [4.69, 9.17) is 14.2 Å². The van der Waals surface area contributed by atoms with Crippen LogP contribution in [-0.4, -0.2) is 60.0 Å². The first-order chi connectivity index (χ1) is 19.0. The third kappa shape index (κ3) is 4.91. The van der Waals surface area contributed by atoms with Crippen molar-refractivity contribution in [3.05, 3.63) is 120 Å². The Morgan fingerprint density at radius 1 is 0.897 bits per heavy atom. The number of β-amino-alcohol motifs (C(OH)–C–C–N with tert-alkyl or cyclic N) is 1. The van der Waals surface area contributed by atoms with E-state index >= 15 is 0 Å². The zero-order valence-electron chi connectivity index (χ0n) is 22.5. The van der Waals surface area contributed by atoms with E-state index in [9.17, 15) is 9.90 Å². The minimum Gasteiger partial charge on any atom is -0.493 e. The number of para-hydroxylation sites is 1. The lowest BCUT2D eigenvalue weighted by atomic mass is 9.79. The zero-order valence-corrected chi connectivity index (χ0v) is 22.5. The molecule has 39 heavy (non-hydrogen) atoms. The van der Waals surface area contributed by atoms with Crippen LogP contribution in [0.4, 0.5) is 0 Å². The van der Waals surface area contributed by atoms with Crippen LogP contribution in [0.5, 0.6) is 11.5 Å². The topological polar surface area (TPSA) is 73.2 Å². The van der Waals surface area contributed by atoms with Gasteiger partial charge in [-0.1, -0.05) is 72.8 Å². The van der Waals surface area contributed by atoms with Crippen LogP contribution in [0.1, 0.15) is 33.6 Å². The minimum atomic E-state index is -1.09. The van der Waals surface area contributed by atoms with Gasteiger partial charge in [0.25, 0.3) is 5.91 Å². The summed E-state index contributed by atoms with van der Waals surface area (Å²) in [6.07, 6.45) is 1.64. The molecule has 1 aliphatic rings. The Morgan fingerprint density at radius 2 is 1.56 bits per heavy atom. The van der Waals surface area contributed by atoms with Crippen LogP contribution < -0.4 is 9.47 Å². The number of benzene rings is 3. The molecular weight excluding hydrogens is 492 g/mol. The van der Waals surface area contributed by atoms with E-state index in [1.54, 1.807) is 29.8 Å². The average Bonchev–Trinajstić information content (AvgIpc) is 3.58. The highest BCUT2D eigenvalue weighted by Gasteiger charge is 2.43.